The number of pyridine rings is 1. The van der Waals surface area contributed by atoms with Crippen LogP contribution in [0.2, 0.25) is 0 Å². The fourth-order valence-electron chi connectivity index (χ4n) is 1.35. The van der Waals surface area contributed by atoms with E-state index in [1.54, 1.807) is 6.20 Å². The lowest BCUT2D eigenvalue weighted by Crippen LogP contribution is -1.98. The molecule has 0 fully saturated rings. The van der Waals surface area contributed by atoms with E-state index >= 15 is 0 Å². The molecule has 0 aliphatic carbocycles. The molecule has 0 aliphatic heterocycles. The third kappa shape index (κ3) is 5.78. The van der Waals surface area contributed by atoms with Crippen LogP contribution >= 0.6 is 15.9 Å². The molecule has 0 radical (unpaired) electrons. The average Bonchev–Trinajstić information content (AvgIpc) is 2.23. The van der Waals surface area contributed by atoms with Crippen LogP contribution < -0.4 is 4.74 Å². The Morgan fingerprint density at radius 2 is 2.07 bits per heavy atom. The fraction of sp³-hybridized carbons (Fsp3) is 0.583. The number of nitrogens with zero attached hydrogens (tertiary/aromatic N) is 1. The number of ether oxygens (including phenoxy) is 1. The van der Waals surface area contributed by atoms with E-state index in [2.05, 4.69) is 27.8 Å². The quantitative estimate of drug-likeness (QED) is 0.694. The van der Waals surface area contributed by atoms with Crippen molar-refractivity contribution in [3.05, 3.63) is 22.8 Å². The van der Waals surface area contributed by atoms with Crippen LogP contribution in [-0.4, -0.2) is 11.6 Å². The van der Waals surface area contributed by atoms with Gasteiger partial charge in [-0.1, -0.05) is 48.5 Å². The first-order valence-corrected chi connectivity index (χ1v) is 6.36. The van der Waals surface area contributed by atoms with Crippen molar-refractivity contribution < 1.29 is 4.74 Å². The molecule has 0 atom stereocenters. The van der Waals surface area contributed by atoms with Gasteiger partial charge in [0.1, 0.15) is 0 Å². The molecule has 3 heteroatoms. The molecule has 1 rings (SSSR count). The summed E-state index contributed by atoms with van der Waals surface area (Å²) in [4.78, 5) is 4.12. The van der Waals surface area contributed by atoms with Crippen LogP contribution in [-0.2, 0) is 0 Å². The smallest absolute Gasteiger partial charge is 0.214 e. The Morgan fingerprint density at radius 1 is 1.27 bits per heavy atom. The van der Waals surface area contributed by atoms with E-state index in [9.17, 15) is 0 Å². The summed E-state index contributed by atoms with van der Waals surface area (Å²) >= 11 is 3.39. The summed E-state index contributed by atoms with van der Waals surface area (Å²) in [6.07, 6.45) is 8.04. The lowest BCUT2D eigenvalue weighted by molar-refractivity contribution is 0.293. The van der Waals surface area contributed by atoms with Crippen molar-refractivity contribution in [1.82, 2.24) is 4.98 Å². The minimum atomic E-state index is 0.708. The van der Waals surface area contributed by atoms with E-state index in [1.807, 2.05) is 12.1 Å². The summed E-state index contributed by atoms with van der Waals surface area (Å²) in [5, 5.41) is 0. The van der Waals surface area contributed by atoms with Gasteiger partial charge in [-0.15, -0.1) is 0 Å². The lowest BCUT2D eigenvalue weighted by Gasteiger charge is -2.04. The number of aromatic nitrogens is 1. The monoisotopic (exact) mass is 271 g/mol. The zero-order chi connectivity index (χ0) is 10.9. The van der Waals surface area contributed by atoms with Crippen LogP contribution in [0.4, 0.5) is 0 Å². The van der Waals surface area contributed by atoms with Crippen LogP contribution in [0.15, 0.2) is 22.8 Å². The molecule has 84 valence electrons. The molecule has 0 saturated carbocycles. The summed E-state index contributed by atoms with van der Waals surface area (Å²) in [6, 6.07) is 3.79. The molecule has 1 aromatic rings. The number of halogens is 1. The first-order chi connectivity index (χ1) is 7.33. The Labute approximate surface area is 100 Å². The van der Waals surface area contributed by atoms with Crippen LogP contribution in [0, 0.1) is 0 Å². The van der Waals surface area contributed by atoms with Gasteiger partial charge in [-0.05, 0) is 12.5 Å². The summed E-state index contributed by atoms with van der Waals surface area (Å²) in [5.74, 6) is 0.708. The van der Waals surface area contributed by atoms with Gasteiger partial charge in [-0.2, -0.15) is 0 Å². The third-order valence-corrected chi connectivity index (χ3v) is 2.69. The summed E-state index contributed by atoms with van der Waals surface area (Å²) in [7, 11) is 0. The molecule has 2 nitrogen and oxygen atoms in total. The maximum absolute atomic E-state index is 5.53. The molecular weight excluding hydrogens is 254 g/mol. The van der Waals surface area contributed by atoms with Crippen molar-refractivity contribution in [1.29, 1.82) is 0 Å². The molecule has 0 unspecified atom stereocenters. The molecular formula is C12H18BrNO. The Kier molecular flexibility index (Phi) is 6.41. The van der Waals surface area contributed by atoms with Crippen molar-refractivity contribution in [2.75, 3.05) is 6.61 Å². The van der Waals surface area contributed by atoms with Gasteiger partial charge in [0.2, 0.25) is 5.88 Å². The minimum absolute atomic E-state index is 0.708. The zero-order valence-electron chi connectivity index (χ0n) is 9.21. The first-order valence-electron chi connectivity index (χ1n) is 5.57. The van der Waals surface area contributed by atoms with Gasteiger partial charge in [0.15, 0.2) is 0 Å². The van der Waals surface area contributed by atoms with Crippen molar-refractivity contribution in [3.63, 3.8) is 0 Å². The van der Waals surface area contributed by atoms with Gasteiger partial charge in [-0.3, -0.25) is 0 Å². The van der Waals surface area contributed by atoms with Crippen LogP contribution in [0.1, 0.15) is 39.0 Å². The predicted octanol–water partition coefficient (Wildman–Crippen LogP) is 4.19. The molecule has 1 aromatic heterocycles. The Hall–Kier alpha value is -0.570. The lowest BCUT2D eigenvalue weighted by atomic mass is 10.2. The maximum atomic E-state index is 5.53. The van der Waals surface area contributed by atoms with Crippen LogP contribution in [0.5, 0.6) is 5.88 Å². The van der Waals surface area contributed by atoms with Gasteiger partial charge in [0.25, 0.3) is 0 Å². The molecule has 15 heavy (non-hydrogen) atoms. The Balaban J connectivity index is 2.10. The number of rotatable bonds is 7. The highest BCUT2D eigenvalue weighted by Crippen LogP contribution is 2.14. The average molecular weight is 272 g/mol. The molecule has 0 N–H and O–H groups in total. The zero-order valence-corrected chi connectivity index (χ0v) is 10.8. The summed E-state index contributed by atoms with van der Waals surface area (Å²) < 4.78 is 6.54. The third-order valence-electron chi connectivity index (χ3n) is 2.19. The highest BCUT2D eigenvalue weighted by Gasteiger charge is 1.95. The highest BCUT2D eigenvalue weighted by molar-refractivity contribution is 9.10. The highest BCUT2D eigenvalue weighted by atomic mass is 79.9. The first kappa shape index (κ1) is 12.5. The molecule has 0 bridgehead atoms. The molecule has 0 aromatic carbocycles. The van der Waals surface area contributed by atoms with Crippen molar-refractivity contribution in [2.45, 2.75) is 39.0 Å². The topological polar surface area (TPSA) is 22.1 Å². The largest absolute Gasteiger partial charge is 0.478 e. The van der Waals surface area contributed by atoms with Crippen LogP contribution in [0.25, 0.3) is 0 Å². The SMILES string of the molecule is CCCCCCCOc1cc(Br)ccn1. The molecule has 1 heterocycles. The van der Waals surface area contributed by atoms with E-state index in [0.717, 1.165) is 17.5 Å². The normalized spacial score (nSPS) is 10.3. The van der Waals surface area contributed by atoms with E-state index < -0.39 is 0 Å². The van der Waals surface area contributed by atoms with Gasteiger partial charge < -0.3 is 4.74 Å². The van der Waals surface area contributed by atoms with Gasteiger partial charge >= 0.3 is 0 Å². The van der Waals surface area contributed by atoms with Crippen molar-refractivity contribution in [2.24, 2.45) is 0 Å². The Morgan fingerprint density at radius 3 is 2.80 bits per heavy atom. The number of unbranched alkanes of at least 4 members (excludes halogenated alkanes) is 4. The molecule has 0 amide bonds. The van der Waals surface area contributed by atoms with E-state index in [1.165, 1.54) is 25.7 Å². The van der Waals surface area contributed by atoms with Crippen molar-refractivity contribution in [3.8, 4) is 5.88 Å². The summed E-state index contributed by atoms with van der Waals surface area (Å²) in [5.41, 5.74) is 0. The van der Waals surface area contributed by atoms with Crippen molar-refractivity contribution >= 4 is 15.9 Å². The second-order valence-corrected chi connectivity index (χ2v) is 4.49. The van der Waals surface area contributed by atoms with E-state index in [4.69, 9.17) is 4.74 Å². The molecule has 0 aliphatic rings. The van der Waals surface area contributed by atoms with Gasteiger partial charge in [0.05, 0.1) is 6.61 Å². The fourth-order valence-corrected chi connectivity index (χ4v) is 1.66. The second-order valence-electron chi connectivity index (χ2n) is 3.57. The Bertz CT molecular complexity index is 278. The van der Waals surface area contributed by atoms with Crippen LogP contribution in [0.3, 0.4) is 0 Å². The molecule has 0 spiro atoms. The van der Waals surface area contributed by atoms with E-state index in [0.29, 0.717) is 5.88 Å². The van der Waals surface area contributed by atoms with E-state index in [-0.39, 0.29) is 0 Å². The molecule has 0 saturated heterocycles. The number of hydrogen-bond donors (Lipinski definition) is 0. The minimum Gasteiger partial charge on any atom is -0.478 e. The van der Waals surface area contributed by atoms with Gasteiger partial charge in [0, 0.05) is 16.7 Å². The maximum Gasteiger partial charge on any atom is 0.214 e. The second kappa shape index (κ2) is 7.69. The summed E-state index contributed by atoms with van der Waals surface area (Å²) in [6.45, 7) is 3.00. The standard InChI is InChI=1S/C12H18BrNO/c1-2-3-4-5-6-9-15-12-10-11(13)7-8-14-12/h7-8,10H,2-6,9H2,1H3. The number of hydrogen-bond acceptors (Lipinski definition) is 2. The predicted molar refractivity (Wildman–Crippen MR) is 66.2 cm³/mol. The van der Waals surface area contributed by atoms with Gasteiger partial charge in [-0.25, -0.2) is 4.98 Å².